The van der Waals surface area contributed by atoms with Gasteiger partial charge < -0.3 is 10.1 Å². The van der Waals surface area contributed by atoms with E-state index in [2.05, 4.69) is 45.3 Å². The third-order valence-electron chi connectivity index (χ3n) is 4.37. The Morgan fingerprint density at radius 2 is 2.00 bits per heavy atom. The van der Waals surface area contributed by atoms with E-state index in [4.69, 9.17) is 16.3 Å². The lowest BCUT2D eigenvalue weighted by molar-refractivity contribution is -0.116. The first-order chi connectivity index (χ1) is 14.0. The van der Waals surface area contributed by atoms with Gasteiger partial charge in [-0.05, 0) is 65.5 Å². The number of amides is 1. The summed E-state index contributed by atoms with van der Waals surface area (Å²) in [6, 6.07) is 13.6. The molecule has 2 aromatic carbocycles. The Bertz CT molecular complexity index is 989. The molecule has 1 amide bonds. The fraction of sp³-hybridized carbons (Fsp3) is 0.273. The van der Waals surface area contributed by atoms with E-state index in [1.165, 1.54) is 16.9 Å². The highest BCUT2D eigenvalue weighted by Crippen LogP contribution is 2.31. The summed E-state index contributed by atoms with van der Waals surface area (Å²) >= 11 is 10.9. The Morgan fingerprint density at radius 3 is 2.69 bits per heavy atom. The molecule has 4 nitrogen and oxygen atoms in total. The van der Waals surface area contributed by atoms with Crippen LogP contribution in [0, 0.1) is 6.92 Å². The van der Waals surface area contributed by atoms with Gasteiger partial charge in [0.05, 0.1) is 16.8 Å². The van der Waals surface area contributed by atoms with Gasteiger partial charge in [0.2, 0.25) is 5.91 Å². The highest BCUT2D eigenvalue weighted by molar-refractivity contribution is 9.10. The summed E-state index contributed by atoms with van der Waals surface area (Å²) in [6.07, 6.45) is 1.98. The molecule has 0 unspecified atom stereocenters. The third-order valence-corrected chi connectivity index (χ3v) is 6.13. The third kappa shape index (κ3) is 6.04. The van der Waals surface area contributed by atoms with Crippen LogP contribution in [0.2, 0.25) is 5.02 Å². The maximum absolute atomic E-state index is 12.2. The van der Waals surface area contributed by atoms with Gasteiger partial charge in [-0.25, -0.2) is 4.98 Å². The second-order valence-corrected chi connectivity index (χ2v) is 9.04. The summed E-state index contributed by atoms with van der Waals surface area (Å²) in [5, 5.41) is 4.18. The van der Waals surface area contributed by atoms with Crippen LogP contribution < -0.4 is 10.1 Å². The Balaban J connectivity index is 1.49. The number of carbonyl (C=O) groups is 1. The van der Waals surface area contributed by atoms with E-state index >= 15 is 0 Å². The molecule has 0 bridgehead atoms. The van der Waals surface area contributed by atoms with Crippen molar-refractivity contribution in [3.8, 4) is 17.0 Å². The molecule has 1 aromatic heterocycles. The van der Waals surface area contributed by atoms with Crippen molar-refractivity contribution in [2.24, 2.45) is 0 Å². The lowest BCUT2D eigenvalue weighted by Gasteiger charge is -2.09. The van der Waals surface area contributed by atoms with E-state index in [0.717, 1.165) is 32.8 Å². The summed E-state index contributed by atoms with van der Waals surface area (Å²) in [4.78, 5) is 17.9. The predicted octanol–water partition coefficient (Wildman–Crippen LogP) is 6.89. The van der Waals surface area contributed by atoms with Crippen molar-refractivity contribution in [2.45, 2.75) is 33.1 Å². The quantitative estimate of drug-likeness (QED) is 0.347. The number of rotatable bonds is 8. The number of benzene rings is 2. The number of thiazole rings is 1. The first-order valence-electron chi connectivity index (χ1n) is 9.40. The van der Waals surface area contributed by atoms with Crippen LogP contribution in [0.15, 0.2) is 46.9 Å². The number of anilines is 1. The van der Waals surface area contributed by atoms with Crippen molar-refractivity contribution >= 4 is 49.9 Å². The highest BCUT2D eigenvalue weighted by atomic mass is 79.9. The molecular formula is C22H22BrClN2O2S. The lowest BCUT2D eigenvalue weighted by atomic mass is 10.1. The molecule has 0 aliphatic carbocycles. The molecule has 0 spiro atoms. The van der Waals surface area contributed by atoms with Crippen molar-refractivity contribution in [1.29, 1.82) is 0 Å². The van der Waals surface area contributed by atoms with Gasteiger partial charge in [-0.1, -0.05) is 36.7 Å². The standard InChI is InChI=1S/C22H22BrClN2O2S/c1-3-15-6-11-19(18(23)13-15)28-12-4-5-20(27)25-22-26-21(14(2)29-22)16-7-9-17(24)10-8-16/h6-11,13H,3-5,12H2,1-2H3,(H,25,26,27). The maximum Gasteiger partial charge on any atom is 0.226 e. The second kappa shape index (κ2) is 10.2. The average molecular weight is 494 g/mol. The van der Waals surface area contributed by atoms with Crippen molar-refractivity contribution in [3.05, 3.63) is 62.4 Å². The van der Waals surface area contributed by atoms with Crippen LogP contribution in [0.1, 0.15) is 30.2 Å². The number of aromatic nitrogens is 1. The van der Waals surface area contributed by atoms with Gasteiger partial charge in [0.1, 0.15) is 5.75 Å². The van der Waals surface area contributed by atoms with Crippen LogP contribution in [0.3, 0.4) is 0 Å². The molecule has 0 radical (unpaired) electrons. The molecule has 0 fully saturated rings. The predicted molar refractivity (Wildman–Crippen MR) is 124 cm³/mol. The van der Waals surface area contributed by atoms with Gasteiger partial charge in [-0.3, -0.25) is 4.79 Å². The molecule has 7 heteroatoms. The normalized spacial score (nSPS) is 10.8. The molecule has 3 aromatic rings. The number of halogens is 2. The van der Waals surface area contributed by atoms with E-state index in [1.807, 2.05) is 37.3 Å². The van der Waals surface area contributed by atoms with Crippen LogP contribution >= 0.6 is 38.9 Å². The van der Waals surface area contributed by atoms with Crippen LogP contribution in [-0.4, -0.2) is 17.5 Å². The Kier molecular flexibility index (Phi) is 7.70. The van der Waals surface area contributed by atoms with E-state index in [0.29, 0.717) is 29.6 Å². The number of hydrogen-bond donors (Lipinski definition) is 1. The molecule has 1 N–H and O–H groups in total. The van der Waals surface area contributed by atoms with Crippen LogP contribution in [-0.2, 0) is 11.2 Å². The summed E-state index contributed by atoms with van der Waals surface area (Å²) in [6.45, 7) is 4.58. The van der Waals surface area contributed by atoms with Crippen LogP contribution in [0.25, 0.3) is 11.3 Å². The zero-order valence-electron chi connectivity index (χ0n) is 16.3. The Hall–Kier alpha value is -1.89. The number of carbonyl (C=O) groups excluding carboxylic acids is 1. The van der Waals surface area contributed by atoms with Gasteiger partial charge >= 0.3 is 0 Å². The number of aryl methyl sites for hydroxylation is 2. The monoisotopic (exact) mass is 492 g/mol. The van der Waals surface area contributed by atoms with Crippen molar-refractivity contribution < 1.29 is 9.53 Å². The van der Waals surface area contributed by atoms with Crippen LogP contribution in [0.5, 0.6) is 5.75 Å². The molecule has 0 saturated carbocycles. The molecule has 3 rings (SSSR count). The minimum absolute atomic E-state index is 0.0644. The van der Waals surface area contributed by atoms with Gasteiger partial charge in [-0.15, -0.1) is 11.3 Å². The fourth-order valence-corrected chi connectivity index (χ4v) is 4.32. The lowest BCUT2D eigenvalue weighted by Crippen LogP contribution is -2.12. The topological polar surface area (TPSA) is 51.2 Å². The Morgan fingerprint density at radius 1 is 1.24 bits per heavy atom. The van der Waals surface area contributed by atoms with Crippen molar-refractivity contribution in [2.75, 3.05) is 11.9 Å². The van der Waals surface area contributed by atoms with Gasteiger partial charge in [0.15, 0.2) is 5.13 Å². The van der Waals surface area contributed by atoms with E-state index in [9.17, 15) is 4.79 Å². The molecule has 1 heterocycles. The molecule has 0 aliphatic heterocycles. The zero-order chi connectivity index (χ0) is 20.8. The largest absolute Gasteiger partial charge is 0.492 e. The molecule has 0 aliphatic rings. The maximum atomic E-state index is 12.2. The molecule has 0 atom stereocenters. The number of nitrogens with one attached hydrogen (secondary N) is 1. The SMILES string of the molecule is CCc1ccc(OCCCC(=O)Nc2nc(-c3ccc(Cl)cc3)c(C)s2)c(Br)c1. The van der Waals surface area contributed by atoms with Gasteiger partial charge in [0, 0.05) is 21.9 Å². The molecule has 152 valence electrons. The minimum atomic E-state index is -0.0644. The van der Waals surface area contributed by atoms with Gasteiger partial charge in [0.25, 0.3) is 0 Å². The highest BCUT2D eigenvalue weighted by Gasteiger charge is 2.12. The molecule has 0 saturated heterocycles. The van der Waals surface area contributed by atoms with Crippen molar-refractivity contribution in [3.63, 3.8) is 0 Å². The zero-order valence-corrected chi connectivity index (χ0v) is 19.5. The first kappa shape index (κ1) is 21.8. The minimum Gasteiger partial charge on any atom is -0.492 e. The smallest absolute Gasteiger partial charge is 0.226 e. The summed E-state index contributed by atoms with van der Waals surface area (Å²) in [5.41, 5.74) is 3.10. The average Bonchev–Trinajstić information content (AvgIpc) is 3.06. The molecular weight excluding hydrogens is 472 g/mol. The number of ether oxygens (including phenoxy) is 1. The first-order valence-corrected chi connectivity index (χ1v) is 11.4. The summed E-state index contributed by atoms with van der Waals surface area (Å²) in [5.74, 6) is 0.733. The summed E-state index contributed by atoms with van der Waals surface area (Å²) in [7, 11) is 0. The van der Waals surface area contributed by atoms with E-state index < -0.39 is 0 Å². The van der Waals surface area contributed by atoms with E-state index in [-0.39, 0.29) is 5.91 Å². The van der Waals surface area contributed by atoms with E-state index in [1.54, 1.807) is 0 Å². The van der Waals surface area contributed by atoms with Crippen molar-refractivity contribution in [1.82, 2.24) is 4.98 Å². The van der Waals surface area contributed by atoms with Crippen LogP contribution in [0.4, 0.5) is 5.13 Å². The van der Waals surface area contributed by atoms with Gasteiger partial charge in [-0.2, -0.15) is 0 Å². The second-order valence-electron chi connectivity index (χ2n) is 6.55. The number of hydrogen-bond acceptors (Lipinski definition) is 4. The number of nitrogens with zero attached hydrogens (tertiary/aromatic N) is 1. The Labute approximate surface area is 188 Å². The summed E-state index contributed by atoms with van der Waals surface area (Å²) < 4.78 is 6.72. The molecule has 29 heavy (non-hydrogen) atoms. The fourth-order valence-electron chi connectivity index (χ4n) is 2.80.